The van der Waals surface area contributed by atoms with E-state index in [0.717, 1.165) is 28.0 Å². The third-order valence-electron chi connectivity index (χ3n) is 4.10. The lowest BCUT2D eigenvalue weighted by molar-refractivity contribution is -0.140. The van der Waals surface area contributed by atoms with Crippen molar-refractivity contribution in [1.82, 2.24) is 4.98 Å². The Labute approximate surface area is 152 Å². The minimum Gasteiger partial charge on any atom is -0.487 e. The Kier molecular flexibility index (Phi) is 6.34. The van der Waals surface area contributed by atoms with Gasteiger partial charge in [-0.3, -0.25) is 4.79 Å². The fraction of sp³-hybridized carbons (Fsp3) is 0.400. The molecule has 4 nitrogen and oxygen atoms in total. The molecule has 0 bridgehead atoms. The van der Waals surface area contributed by atoms with Gasteiger partial charge in [0.25, 0.3) is 0 Å². The summed E-state index contributed by atoms with van der Waals surface area (Å²) in [5, 5.41) is 1.08. The van der Waals surface area contributed by atoms with Crippen molar-refractivity contribution < 1.29 is 14.3 Å². The van der Waals surface area contributed by atoms with Crippen molar-refractivity contribution in [3.63, 3.8) is 0 Å². The summed E-state index contributed by atoms with van der Waals surface area (Å²) in [5.74, 6) is 2.68. The van der Waals surface area contributed by atoms with Crippen LogP contribution in [-0.4, -0.2) is 23.8 Å². The summed E-state index contributed by atoms with van der Waals surface area (Å²) < 4.78 is 10.5. The lowest BCUT2D eigenvalue weighted by Gasteiger charge is -2.08. The summed E-state index contributed by atoms with van der Waals surface area (Å²) in [6.07, 6.45) is 3.80. The highest BCUT2D eigenvalue weighted by atomic mass is 32.2. The van der Waals surface area contributed by atoms with Gasteiger partial charge in [0.15, 0.2) is 0 Å². The normalized spacial score (nSPS) is 13.5. The van der Waals surface area contributed by atoms with Gasteiger partial charge in [0, 0.05) is 12.2 Å². The molecule has 1 aromatic heterocycles. The number of methoxy groups -OCH3 is 1. The zero-order chi connectivity index (χ0) is 17.5. The van der Waals surface area contributed by atoms with Gasteiger partial charge in [-0.15, -0.1) is 11.8 Å². The minimum absolute atomic E-state index is 0.189. The van der Waals surface area contributed by atoms with Crippen LogP contribution >= 0.6 is 11.8 Å². The largest absolute Gasteiger partial charge is 0.487 e. The quantitative estimate of drug-likeness (QED) is 0.495. The molecule has 1 aliphatic carbocycles. The summed E-state index contributed by atoms with van der Waals surface area (Å²) in [6, 6.07) is 13.9. The summed E-state index contributed by atoms with van der Waals surface area (Å²) in [6.45, 7) is 0.458. The fourth-order valence-corrected chi connectivity index (χ4v) is 3.46. The number of carbonyl (C=O) groups excluding carboxylic acids is 1. The number of benzene rings is 1. The topological polar surface area (TPSA) is 48.4 Å². The van der Waals surface area contributed by atoms with Crippen molar-refractivity contribution in [1.29, 1.82) is 0 Å². The molecule has 0 saturated heterocycles. The fourth-order valence-electron chi connectivity index (χ4n) is 2.36. The SMILES string of the molecule is COC(=O)CCc1ccc(OCc2cccc(SCC3CC3)n2)cc1. The highest BCUT2D eigenvalue weighted by Crippen LogP contribution is 2.34. The zero-order valence-electron chi connectivity index (χ0n) is 14.4. The number of aromatic nitrogens is 1. The summed E-state index contributed by atoms with van der Waals surface area (Å²) in [7, 11) is 1.41. The molecule has 1 aromatic carbocycles. The Morgan fingerprint density at radius 1 is 1.20 bits per heavy atom. The molecule has 132 valence electrons. The van der Waals surface area contributed by atoms with Crippen LogP contribution < -0.4 is 4.74 Å². The third kappa shape index (κ3) is 6.09. The molecule has 2 aromatic rings. The number of hydrogen-bond acceptors (Lipinski definition) is 5. The number of thioether (sulfide) groups is 1. The van der Waals surface area contributed by atoms with Gasteiger partial charge in [0.1, 0.15) is 12.4 Å². The summed E-state index contributed by atoms with van der Waals surface area (Å²) in [4.78, 5) is 15.8. The van der Waals surface area contributed by atoms with Crippen molar-refractivity contribution >= 4 is 17.7 Å². The number of esters is 1. The first-order valence-electron chi connectivity index (χ1n) is 8.60. The Hall–Kier alpha value is -2.01. The van der Waals surface area contributed by atoms with E-state index in [9.17, 15) is 4.79 Å². The van der Waals surface area contributed by atoms with Gasteiger partial charge in [0.05, 0.1) is 17.8 Å². The lowest BCUT2D eigenvalue weighted by Crippen LogP contribution is -2.02. The first kappa shape index (κ1) is 17.8. The highest BCUT2D eigenvalue weighted by Gasteiger charge is 2.21. The molecule has 1 aliphatic rings. The Balaban J connectivity index is 1.47. The Morgan fingerprint density at radius 2 is 2.00 bits per heavy atom. The van der Waals surface area contributed by atoms with Crippen LogP contribution in [0.1, 0.15) is 30.5 Å². The third-order valence-corrected chi connectivity index (χ3v) is 5.26. The van der Waals surface area contributed by atoms with Crippen molar-refractivity contribution in [2.45, 2.75) is 37.3 Å². The lowest BCUT2D eigenvalue weighted by atomic mass is 10.1. The van der Waals surface area contributed by atoms with Crippen LogP contribution in [0.5, 0.6) is 5.75 Å². The number of nitrogens with zero attached hydrogens (tertiary/aromatic N) is 1. The Bertz CT molecular complexity index is 698. The van der Waals surface area contributed by atoms with Gasteiger partial charge in [-0.05, 0) is 55.0 Å². The van der Waals surface area contributed by atoms with E-state index in [1.807, 2.05) is 48.2 Å². The van der Waals surface area contributed by atoms with Gasteiger partial charge in [-0.2, -0.15) is 0 Å². The minimum atomic E-state index is -0.189. The maximum atomic E-state index is 11.2. The van der Waals surface area contributed by atoms with Crippen LogP contribution in [0.4, 0.5) is 0 Å². The van der Waals surface area contributed by atoms with Gasteiger partial charge < -0.3 is 9.47 Å². The van der Waals surface area contributed by atoms with Crippen molar-refractivity contribution in [2.75, 3.05) is 12.9 Å². The smallest absolute Gasteiger partial charge is 0.305 e. The summed E-state index contributed by atoms with van der Waals surface area (Å²) >= 11 is 1.83. The number of rotatable bonds is 9. The molecule has 1 heterocycles. The number of carbonyl (C=O) groups is 1. The van der Waals surface area contributed by atoms with Crippen LogP contribution in [0.3, 0.4) is 0 Å². The number of pyridine rings is 1. The molecular formula is C20H23NO3S. The molecule has 0 radical (unpaired) electrons. The van der Waals surface area contributed by atoms with E-state index in [2.05, 4.69) is 15.8 Å². The van der Waals surface area contributed by atoms with Crippen molar-refractivity contribution in [3.05, 3.63) is 53.7 Å². The first-order valence-corrected chi connectivity index (χ1v) is 9.59. The second-order valence-electron chi connectivity index (χ2n) is 6.23. The average Bonchev–Trinajstić information content (AvgIpc) is 3.48. The van der Waals surface area contributed by atoms with E-state index >= 15 is 0 Å². The second-order valence-corrected chi connectivity index (χ2v) is 7.27. The number of aryl methyl sites for hydroxylation is 1. The second kappa shape index (κ2) is 8.90. The summed E-state index contributed by atoms with van der Waals surface area (Å²) in [5.41, 5.74) is 2.03. The van der Waals surface area contributed by atoms with Crippen LogP contribution in [0.15, 0.2) is 47.5 Å². The molecule has 0 N–H and O–H groups in total. The molecule has 1 saturated carbocycles. The maximum absolute atomic E-state index is 11.2. The number of hydrogen-bond donors (Lipinski definition) is 0. The van der Waals surface area contributed by atoms with Gasteiger partial charge in [0.2, 0.25) is 0 Å². The monoisotopic (exact) mass is 357 g/mol. The zero-order valence-corrected chi connectivity index (χ0v) is 15.3. The first-order chi connectivity index (χ1) is 12.2. The van der Waals surface area contributed by atoms with E-state index in [1.165, 1.54) is 25.7 Å². The van der Waals surface area contributed by atoms with E-state index < -0.39 is 0 Å². The molecule has 25 heavy (non-hydrogen) atoms. The molecule has 0 aliphatic heterocycles. The van der Waals surface area contributed by atoms with Crippen LogP contribution in [0.25, 0.3) is 0 Å². The highest BCUT2D eigenvalue weighted by molar-refractivity contribution is 7.99. The van der Waals surface area contributed by atoms with E-state index in [4.69, 9.17) is 4.74 Å². The molecule has 0 unspecified atom stereocenters. The van der Waals surface area contributed by atoms with Crippen molar-refractivity contribution in [2.24, 2.45) is 5.92 Å². The van der Waals surface area contributed by atoms with E-state index in [1.54, 1.807) is 0 Å². The predicted molar refractivity (Wildman–Crippen MR) is 98.8 cm³/mol. The predicted octanol–water partition coefficient (Wildman–Crippen LogP) is 4.27. The molecule has 0 amide bonds. The van der Waals surface area contributed by atoms with Gasteiger partial charge >= 0.3 is 5.97 Å². The van der Waals surface area contributed by atoms with Crippen LogP contribution in [0, 0.1) is 5.92 Å². The van der Waals surface area contributed by atoms with Crippen LogP contribution in [-0.2, 0) is 22.6 Å². The van der Waals surface area contributed by atoms with Crippen LogP contribution in [0.2, 0.25) is 0 Å². The average molecular weight is 357 g/mol. The molecule has 0 spiro atoms. The molecule has 5 heteroatoms. The van der Waals surface area contributed by atoms with Crippen molar-refractivity contribution in [3.8, 4) is 5.75 Å². The number of ether oxygens (including phenoxy) is 2. The van der Waals surface area contributed by atoms with Gasteiger partial charge in [-0.25, -0.2) is 4.98 Å². The standard InChI is InChI=1S/C20H23NO3S/c1-23-20(22)12-9-15-7-10-18(11-8-15)24-13-17-3-2-4-19(21-17)25-14-16-5-6-16/h2-4,7-8,10-11,16H,5-6,9,12-14H2,1H3. The molecule has 3 rings (SSSR count). The molecule has 1 fully saturated rings. The molecular weight excluding hydrogens is 334 g/mol. The maximum Gasteiger partial charge on any atom is 0.305 e. The van der Waals surface area contributed by atoms with Gasteiger partial charge in [-0.1, -0.05) is 18.2 Å². The Morgan fingerprint density at radius 3 is 2.72 bits per heavy atom. The van der Waals surface area contributed by atoms with E-state index in [-0.39, 0.29) is 5.97 Å². The molecule has 0 atom stereocenters. The van der Waals surface area contributed by atoms with E-state index in [0.29, 0.717) is 19.4 Å².